The van der Waals surface area contributed by atoms with Crippen LogP contribution >= 0.6 is 0 Å². The summed E-state index contributed by atoms with van der Waals surface area (Å²) in [6.45, 7) is 5.82. The molecule has 1 spiro atoms. The van der Waals surface area contributed by atoms with E-state index < -0.39 is 0 Å². The van der Waals surface area contributed by atoms with Gasteiger partial charge in [0.2, 0.25) is 0 Å². The molecule has 2 nitrogen and oxygen atoms in total. The Morgan fingerprint density at radius 1 is 1.05 bits per heavy atom. The Morgan fingerprint density at radius 3 is 2.11 bits per heavy atom. The van der Waals surface area contributed by atoms with Gasteiger partial charge in [0, 0.05) is 18.6 Å². The quantitative estimate of drug-likeness (QED) is 0.817. The third-order valence-corrected chi connectivity index (χ3v) is 5.76. The number of nitrogens with zero attached hydrogens (tertiary/aromatic N) is 1. The molecule has 2 rings (SSSR count). The monoisotopic (exact) mass is 266 g/mol. The van der Waals surface area contributed by atoms with Crippen LogP contribution < -0.4 is 5.32 Å². The number of likely N-dealkylation sites (N-methyl/N-ethyl adjacent to an activating group) is 1. The van der Waals surface area contributed by atoms with Gasteiger partial charge >= 0.3 is 0 Å². The van der Waals surface area contributed by atoms with Crippen LogP contribution in [0.1, 0.15) is 65.2 Å². The fraction of sp³-hybridized carbons (Fsp3) is 1.00. The van der Waals surface area contributed by atoms with Crippen molar-refractivity contribution in [1.29, 1.82) is 0 Å². The van der Waals surface area contributed by atoms with Gasteiger partial charge in [0.25, 0.3) is 0 Å². The Hall–Kier alpha value is -0.0800. The molecule has 0 heterocycles. The molecule has 1 N–H and O–H groups in total. The summed E-state index contributed by atoms with van der Waals surface area (Å²) in [5.74, 6) is 0.729. The van der Waals surface area contributed by atoms with E-state index in [0.717, 1.165) is 23.9 Å². The standard InChI is InChI=1S/C17H34N2/c1-14(2)16(19(3)4)13-18-15-7-11-17(12-8-15)9-5-6-10-17/h14-16,18H,5-13H2,1-4H3. The van der Waals surface area contributed by atoms with Gasteiger partial charge in [-0.25, -0.2) is 0 Å². The van der Waals surface area contributed by atoms with Crippen molar-refractivity contribution >= 4 is 0 Å². The van der Waals surface area contributed by atoms with Crippen molar-refractivity contribution < 1.29 is 0 Å². The predicted octanol–water partition coefficient (Wildman–Crippen LogP) is 3.67. The summed E-state index contributed by atoms with van der Waals surface area (Å²) in [6.07, 6.45) is 11.8. The van der Waals surface area contributed by atoms with Crippen LogP contribution in [0.3, 0.4) is 0 Å². The third kappa shape index (κ3) is 3.95. The molecular formula is C17H34N2. The van der Waals surface area contributed by atoms with Crippen LogP contribution in [0.25, 0.3) is 0 Å². The molecule has 0 amide bonds. The third-order valence-electron chi connectivity index (χ3n) is 5.76. The fourth-order valence-electron chi connectivity index (χ4n) is 4.36. The van der Waals surface area contributed by atoms with E-state index in [9.17, 15) is 0 Å². The van der Waals surface area contributed by atoms with Crippen LogP contribution in [0, 0.1) is 11.3 Å². The highest BCUT2D eigenvalue weighted by Gasteiger charge is 2.37. The molecule has 1 atom stereocenters. The second-order valence-corrected chi connectivity index (χ2v) is 7.66. The Kier molecular flexibility index (Phi) is 5.30. The van der Waals surface area contributed by atoms with Gasteiger partial charge < -0.3 is 10.2 Å². The first-order valence-corrected chi connectivity index (χ1v) is 8.42. The minimum Gasteiger partial charge on any atom is -0.312 e. The summed E-state index contributed by atoms with van der Waals surface area (Å²) < 4.78 is 0. The van der Waals surface area contributed by atoms with Crippen molar-refractivity contribution in [2.24, 2.45) is 11.3 Å². The van der Waals surface area contributed by atoms with Gasteiger partial charge in [-0.15, -0.1) is 0 Å². The summed E-state index contributed by atoms with van der Waals surface area (Å²) in [5, 5.41) is 3.85. The van der Waals surface area contributed by atoms with Gasteiger partial charge in [-0.05, 0) is 64.0 Å². The van der Waals surface area contributed by atoms with E-state index in [1.54, 1.807) is 0 Å². The Morgan fingerprint density at radius 2 is 1.63 bits per heavy atom. The molecule has 2 saturated carbocycles. The molecule has 112 valence electrons. The molecule has 0 aromatic carbocycles. The van der Waals surface area contributed by atoms with Gasteiger partial charge in [0.1, 0.15) is 0 Å². The van der Waals surface area contributed by atoms with Crippen molar-refractivity contribution in [3.8, 4) is 0 Å². The highest BCUT2D eigenvalue weighted by atomic mass is 15.1. The van der Waals surface area contributed by atoms with E-state index in [1.165, 1.54) is 51.4 Å². The minimum absolute atomic E-state index is 0.669. The van der Waals surface area contributed by atoms with Crippen LogP contribution in [0.4, 0.5) is 0 Å². The molecule has 2 aliphatic carbocycles. The number of hydrogen-bond donors (Lipinski definition) is 1. The van der Waals surface area contributed by atoms with Crippen LogP contribution in [0.15, 0.2) is 0 Å². The smallest absolute Gasteiger partial charge is 0.0237 e. The van der Waals surface area contributed by atoms with Crippen LogP contribution in [0.5, 0.6) is 0 Å². The first kappa shape index (κ1) is 15.3. The zero-order chi connectivity index (χ0) is 13.9. The average molecular weight is 266 g/mol. The molecule has 2 heteroatoms. The molecule has 2 fully saturated rings. The normalized spacial score (nSPS) is 25.6. The lowest BCUT2D eigenvalue weighted by atomic mass is 9.71. The maximum absolute atomic E-state index is 3.85. The maximum Gasteiger partial charge on any atom is 0.0237 e. The maximum atomic E-state index is 3.85. The average Bonchev–Trinajstić information content (AvgIpc) is 2.80. The summed E-state index contributed by atoms with van der Waals surface area (Å²) in [7, 11) is 4.42. The van der Waals surface area contributed by atoms with E-state index in [0.29, 0.717) is 6.04 Å². The van der Waals surface area contributed by atoms with Crippen molar-refractivity contribution in [1.82, 2.24) is 10.2 Å². The van der Waals surface area contributed by atoms with Crippen LogP contribution in [-0.2, 0) is 0 Å². The topological polar surface area (TPSA) is 15.3 Å². The number of nitrogens with one attached hydrogen (secondary N) is 1. The molecule has 2 aliphatic rings. The van der Waals surface area contributed by atoms with Crippen LogP contribution in [0.2, 0.25) is 0 Å². The Balaban J connectivity index is 1.73. The zero-order valence-electron chi connectivity index (χ0n) is 13.5. The molecule has 1 unspecified atom stereocenters. The van der Waals surface area contributed by atoms with E-state index in [2.05, 4.69) is 38.2 Å². The highest BCUT2D eigenvalue weighted by molar-refractivity contribution is 4.91. The fourth-order valence-corrected chi connectivity index (χ4v) is 4.36. The van der Waals surface area contributed by atoms with Crippen molar-refractivity contribution in [2.75, 3.05) is 20.6 Å². The number of rotatable bonds is 5. The van der Waals surface area contributed by atoms with Gasteiger partial charge in [0.15, 0.2) is 0 Å². The summed E-state index contributed by atoms with van der Waals surface area (Å²) in [5.41, 5.74) is 0.775. The molecule has 0 aliphatic heterocycles. The first-order chi connectivity index (χ1) is 9.02. The van der Waals surface area contributed by atoms with Gasteiger partial charge in [0.05, 0.1) is 0 Å². The molecule has 0 saturated heterocycles. The molecule has 0 radical (unpaired) electrons. The molecule has 0 aromatic rings. The van der Waals surface area contributed by atoms with E-state index >= 15 is 0 Å². The van der Waals surface area contributed by atoms with E-state index in [1.807, 2.05) is 0 Å². The molecular weight excluding hydrogens is 232 g/mol. The van der Waals surface area contributed by atoms with Gasteiger partial charge in [-0.3, -0.25) is 0 Å². The lowest BCUT2D eigenvalue weighted by Crippen LogP contribution is -2.46. The lowest BCUT2D eigenvalue weighted by molar-refractivity contribution is 0.156. The Labute approximate surface area is 120 Å². The zero-order valence-corrected chi connectivity index (χ0v) is 13.5. The summed E-state index contributed by atoms with van der Waals surface area (Å²) in [4.78, 5) is 2.37. The van der Waals surface area contributed by atoms with Crippen molar-refractivity contribution in [3.63, 3.8) is 0 Å². The largest absolute Gasteiger partial charge is 0.312 e. The number of hydrogen-bond acceptors (Lipinski definition) is 2. The van der Waals surface area contributed by atoms with Crippen molar-refractivity contribution in [3.05, 3.63) is 0 Å². The predicted molar refractivity (Wildman–Crippen MR) is 83.5 cm³/mol. The summed E-state index contributed by atoms with van der Waals surface area (Å²) >= 11 is 0. The minimum atomic E-state index is 0.669. The SMILES string of the molecule is CC(C)C(CNC1CCC2(CCCC2)CC1)N(C)C. The van der Waals surface area contributed by atoms with Crippen LogP contribution in [-0.4, -0.2) is 37.6 Å². The second-order valence-electron chi connectivity index (χ2n) is 7.66. The lowest BCUT2D eigenvalue weighted by Gasteiger charge is -2.39. The van der Waals surface area contributed by atoms with Gasteiger partial charge in [-0.1, -0.05) is 26.7 Å². The van der Waals surface area contributed by atoms with Gasteiger partial charge in [-0.2, -0.15) is 0 Å². The van der Waals surface area contributed by atoms with E-state index in [-0.39, 0.29) is 0 Å². The second kappa shape index (κ2) is 6.58. The molecule has 0 aromatic heterocycles. The Bertz CT molecular complexity index is 248. The molecule has 19 heavy (non-hydrogen) atoms. The molecule has 0 bridgehead atoms. The van der Waals surface area contributed by atoms with E-state index in [4.69, 9.17) is 0 Å². The first-order valence-electron chi connectivity index (χ1n) is 8.42. The summed E-state index contributed by atoms with van der Waals surface area (Å²) in [6, 6.07) is 1.45. The highest BCUT2D eigenvalue weighted by Crippen LogP contribution is 2.48. The van der Waals surface area contributed by atoms with Crippen molar-refractivity contribution in [2.45, 2.75) is 77.3 Å².